The first kappa shape index (κ1) is 16.2. The number of nitrogens with two attached hydrogens (primary N) is 1. The zero-order chi connectivity index (χ0) is 14.6. The Kier molecular flexibility index (Phi) is 6.04. The Morgan fingerprint density at radius 2 is 2.11 bits per heavy atom. The number of benzene rings is 1. The van der Waals surface area contributed by atoms with E-state index in [-0.39, 0.29) is 11.8 Å². The molecule has 0 spiro atoms. The van der Waals surface area contributed by atoms with E-state index < -0.39 is 0 Å². The van der Waals surface area contributed by atoms with Crippen molar-refractivity contribution in [2.24, 2.45) is 11.7 Å². The molecule has 1 unspecified atom stereocenters. The van der Waals surface area contributed by atoms with E-state index in [1.165, 1.54) is 0 Å². The summed E-state index contributed by atoms with van der Waals surface area (Å²) in [6.07, 6.45) is 0. The fourth-order valence-electron chi connectivity index (χ4n) is 1.61. The van der Waals surface area contributed by atoms with Crippen molar-refractivity contribution in [1.82, 2.24) is 4.90 Å². The van der Waals surface area contributed by atoms with E-state index in [1.807, 2.05) is 13.8 Å². The van der Waals surface area contributed by atoms with Crippen LogP contribution in [0.1, 0.15) is 24.2 Å². The number of halogens is 2. The van der Waals surface area contributed by atoms with Gasteiger partial charge < -0.3 is 10.6 Å². The van der Waals surface area contributed by atoms with Gasteiger partial charge in [-0.1, -0.05) is 42.3 Å². The number of carbonyl (C=O) groups is 1. The van der Waals surface area contributed by atoms with Crippen LogP contribution < -0.4 is 5.73 Å². The van der Waals surface area contributed by atoms with Crippen molar-refractivity contribution in [3.63, 3.8) is 0 Å². The zero-order valence-corrected chi connectivity index (χ0v) is 13.1. The molecule has 0 aliphatic rings. The number of nitrogens with zero attached hydrogens (tertiary/aromatic N) is 1. The number of hydrogen-bond donors (Lipinski definition) is 1. The van der Waals surface area contributed by atoms with Gasteiger partial charge in [-0.3, -0.25) is 4.79 Å². The molecule has 1 rings (SSSR count). The van der Waals surface area contributed by atoms with E-state index in [2.05, 4.69) is 0 Å². The lowest BCUT2D eigenvalue weighted by molar-refractivity contribution is 0.0755. The normalized spacial score (nSPS) is 12.0. The maximum Gasteiger partial charge on any atom is 0.255 e. The molecular weight excluding hydrogens is 303 g/mol. The molecule has 0 aromatic heterocycles. The Morgan fingerprint density at radius 1 is 1.47 bits per heavy atom. The average Bonchev–Trinajstić information content (AvgIpc) is 2.37. The van der Waals surface area contributed by atoms with Gasteiger partial charge in [-0.15, -0.1) is 0 Å². The van der Waals surface area contributed by atoms with Gasteiger partial charge in [0.2, 0.25) is 0 Å². The van der Waals surface area contributed by atoms with Gasteiger partial charge in [0.05, 0.1) is 15.6 Å². The summed E-state index contributed by atoms with van der Waals surface area (Å²) in [6.45, 7) is 4.79. The number of hydrogen-bond acceptors (Lipinski definition) is 2. The SMILES string of the molecule is CCN(CC(C)C(N)=S)C(=O)c1cc(Cl)ccc1Cl. The van der Waals surface area contributed by atoms with E-state index in [4.69, 9.17) is 41.2 Å². The van der Waals surface area contributed by atoms with Crippen LogP contribution in [-0.2, 0) is 0 Å². The first-order valence-electron chi connectivity index (χ1n) is 5.90. The van der Waals surface area contributed by atoms with Crippen molar-refractivity contribution >= 4 is 46.3 Å². The molecule has 3 nitrogen and oxygen atoms in total. The molecule has 1 aromatic carbocycles. The van der Waals surface area contributed by atoms with Gasteiger partial charge in [-0.2, -0.15) is 0 Å². The lowest BCUT2D eigenvalue weighted by Crippen LogP contribution is -2.38. The summed E-state index contributed by atoms with van der Waals surface area (Å²) in [4.78, 5) is 14.5. The van der Waals surface area contributed by atoms with Crippen LogP contribution in [0.5, 0.6) is 0 Å². The molecule has 0 radical (unpaired) electrons. The Morgan fingerprint density at radius 3 is 2.63 bits per heavy atom. The standard InChI is InChI=1S/C13H16Cl2N2OS/c1-3-17(7-8(2)12(16)19)13(18)10-6-9(14)4-5-11(10)15/h4-6,8H,3,7H2,1-2H3,(H2,16,19). The van der Waals surface area contributed by atoms with Crippen LogP contribution in [0, 0.1) is 5.92 Å². The molecular formula is C13H16Cl2N2OS. The van der Waals surface area contributed by atoms with E-state index in [0.717, 1.165) is 0 Å². The lowest BCUT2D eigenvalue weighted by Gasteiger charge is -2.24. The number of rotatable bonds is 5. The minimum atomic E-state index is -0.168. The summed E-state index contributed by atoms with van der Waals surface area (Å²) in [5, 5.41) is 0.863. The van der Waals surface area contributed by atoms with Crippen LogP contribution >= 0.6 is 35.4 Å². The fourth-order valence-corrected chi connectivity index (χ4v) is 2.05. The van der Waals surface area contributed by atoms with Crippen molar-refractivity contribution in [1.29, 1.82) is 0 Å². The minimum absolute atomic E-state index is 0.0446. The number of amides is 1. The van der Waals surface area contributed by atoms with Crippen molar-refractivity contribution in [2.45, 2.75) is 13.8 Å². The third kappa shape index (κ3) is 4.34. The van der Waals surface area contributed by atoms with Gasteiger partial charge in [0.15, 0.2) is 0 Å². The second-order valence-electron chi connectivity index (χ2n) is 4.27. The third-order valence-electron chi connectivity index (χ3n) is 2.81. The Hall–Kier alpha value is -0.840. The lowest BCUT2D eigenvalue weighted by atomic mass is 10.1. The second kappa shape index (κ2) is 7.08. The van der Waals surface area contributed by atoms with Crippen LogP contribution in [0.3, 0.4) is 0 Å². The molecule has 0 fully saturated rings. The van der Waals surface area contributed by atoms with Gasteiger partial charge in [0, 0.05) is 24.0 Å². The summed E-state index contributed by atoms with van der Waals surface area (Å²) >= 11 is 16.9. The van der Waals surface area contributed by atoms with E-state index in [1.54, 1.807) is 23.1 Å². The van der Waals surface area contributed by atoms with Crippen LogP contribution in [0.25, 0.3) is 0 Å². The summed E-state index contributed by atoms with van der Waals surface area (Å²) in [6, 6.07) is 4.83. The Labute approximate surface area is 128 Å². The molecule has 104 valence electrons. The van der Waals surface area contributed by atoms with Crippen molar-refractivity contribution in [2.75, 3.05) is 13.1 Å². The number of thiocarbonyl (C=S) groups is 1. The van der Waals surface area contributed by atoms with E-state index in [0.29, 0.717) is 33.7 Å². The molecule has 0 aliphatic carbocycles. The monoisotopic (exact) mass is 318 g/mol. The highest BCUT2D eigenvalue weighted by Crippen LogP contribution is 2.22. The third-order valence-corrected chi connectivity index (χ3v) is 3.77. The Balaban J connectivity index is 2.95. The summed E-state index contributed by atoms with van der Waals surface area (Å²) in [5.41, 5.74) is 5.97. The van der Waals surface area contributed by atoms with Gasteiger partial charge in [0.25, 0.3) is 5.91 Å². The summed E-state index contributed by atoms with van der Waals surface area (Å²) in [7, 11) is 0. The first-order valence-corrected chi connectivity index (χ1v) is 7.06. The molecule has 1 aromatic rings. The highest BCUT2D eigenvalue weighted by Gasteiger charge is 2.20. The molecule has 0 bridgehead atoms. The zero-order valence-electron chi connectivity index (χ0n) is 10.8. The molecule has 19 heavy (non-hydrogen) atoms. The maximum atomic E-state index is 12.4. The van der Waals surface area contributed by atoms with E-state index in [9.17, 15) is 4.79 Å². The minimum Gasteiger partial charge on any atom is -0.393 e. The van der Waals surface area contributed by atoms with Crippen molar-refractivity contribution in [3.05, 3.63) is 33.8 Å². The smallest absolute Gasteiger partial charge is 0.255 e. The largest absolute Gasteiger partial charge is 0.393 e. The van der Waals surface area contributed by atoms with Gasteiger partial charge >= 0.3 is 0 Å². The number of carbonyl (C=O) groups excluding carboxylic acids is 1. The average molecular weight is 319 g/mol. The van der Waals surface area contributed by atoms with E-state index >= 15 is 0 Å². The van der Waals surface area contributed by atoms with Crippen molar-refractivity contribution < 1.29 is 4.79 Å². The van der Waals surface area contributed by atoms with Crippen LogP contribution in [0.15, 0.2) is 18.2 Å². The van der Waals surface area contributed by atoms with Crippen LogP contribution in [0.4, 0.5) is 0 Å². The summed E-state index contributed by atoms with van der Waals surface area (Å²) < 4.78 is 0. The van der Waals surface area contributed by atoms with Gasteiger partial charge in [-0.25, -0.2) is 0 Å². The Bertz CT molecular complexity index is 494. The molecule has 0 aliphatic heterocycles. The molecule has 0 saturated carbocycles. The highest BCUT2D eigenvalue weighted by molar-refractivity contribution is 7.80. The van der Waals surface area contributed by atoms with Gasteiger partial charge in [0.1, 0.15) is 0 Å². The fraction of sp³-hybridized carbons (Fsp3) is 0.385. The molecule has 6 heteroatoms. The molecule has 2 N–H and O–H groups in total. The molecule has 1 amide bonds. The van der Waals surface area contributed by atoms with Crippen LogP contribution in [-0.4, -0.2) is 28.9 Å². The predicted octanol–water partition coefficient (Wildman–Crippen LogP) is 3.38. The topological polar surface area (TPSA) is 46.3 Å². The second-order valence-corrected chi connectivity index (χ2v) is 5.59. The quantitative estimate of drug-likeness (QED) is 0.846. The molecule has 0 saturated heterocycles. The van der Waals surface area contributed by atoms with Crippen molar-refractivity contribution in [3.8, 4) is 0 Å². The summed E-state index contributed by atoms with van der Waals surface area (Å²) in [5.74, 6) is -0.213. The van der Waals surface area contributed by atoms with Crippen LogP contribution in [0.2, 0.25) is 10.0 Å². The molecule has 0 heterocycles. The first-order chi connectivity index (χ1) is 8.86. The highest BCUT2D eigenvalue weighted by atomic mass is 35.5. The predicted molar refractivity (Wildman–Crippen MR) is 84.0 cm³/mol. The van der Waals surface area contributed by atoms with Gasteiger partial charge in [-0.05, 0) is 25.1 Å². The maximum absolute atomic E-state index is 12.4. The molecule has 1 atom stereocenters.